The average Bonchev–Trinajstić information content (AvgIpc) is 2.38. The molecule has 18 heavy (non-hydrogen) atoms. The minimum absolute atomic E-state index is 0.0925. The normalized spacial score (nSPS) is 13.6. The molecule has 0 spiro atoms. The smallest absolute Gasteiger partial charge is 0.316 e. The highest BCUT2D eigenvalue weighted by Crippen LogP contribution is 2.21. The van der Waals surface area contributed by atoms with Gasteiger partial charge in [0, 0.05) is 12.0 Å². The van der Waals surface area contributed by atoms with Crippen molar-refractivity contribution in [1.82, 2.24) is 0 Å². The molecule has 0 radical (unpaired) electrons. The van der Waals surface area contributed by atoms with E-state index < -0.39 is 16.6 Å². The van der Waals surface area contributed by atoms with E-state index in [1.165, 1.54) is 11.8 Å². The van der Waals surface area contributed by atoms with E-state index in [1.807, 2.05) is 6.92 Å². The average molecular weight is 280 g/mol. The molecule has 0 aliphatic heterocycles. The molecule has 0 saturated heterocycles. The Balaban J connectivity index is 3.64. The number of aliphatic carboxylic acids is 1. The van der Waals surface area contributed by atoms with E-state index in [0.29, 0.717) is 19.6 Å². The van der Waals surface area contributed by atoms with Gasteiger partial charge in [-0.3, -0.25) is 4.79 Å². The van der Waals surface area contributed by atoms with E-state index in [9.17, 15) is 15.0 Å². The van der Waals surface area contributed by atoms with Gasteiger partial charge in [0.1, 0.15) is 0 Å². The molecule has 0 aromatic heterocycles. The predicted molar refractivity (Wildman–Crippen MR) is 71.9 cm³/mol. The van der Waals surface area contributed by atoms with Gasteiger partial charge in [0.15, 0.2) is 0 Å². The molecular formula is C12H24O5S. The molecule has 0 aliphatic carbocycles. The Morgan fingerprint density at radius 1 is 1.39 bits per heavy atom. The second kappa shape index (κ2) is 9.61. The summed E-state index contributed by atoms with van der Waals surface area (Å²) in [6.45, 7) is 4.22. The molecule has 5 nitrogen and oxygen atoms in total. The van der Waals surface area contributed by atoms with Gasteiger partial charge in [0.2, 0.25) is 0 Å². The largest absolute Gasteiger partial charge is 0.480 e. The van der Waals surface area contributed by atoms with Crippen LogP contribution in [-0.4, -0.2) is 58.7 Å². The fraction of sp³-hybridized carbons (Fsp3) is 0.917. The maximum Gasteiger partial charge on any atom is 0.316 e. The molecule has 0 aromatic carbocycles. The van der Waals surface area contributed by atoms with Gasteiger partial charge in [-0.25, -0.2) is 0 Å². The number of carboxylic acids is 1. The van der Waals surface area contributed by atoms with Crippen LogP contribution in [0, 0.1) is 5.41 Å². The number of hydrogen-bond acceptors (Lipinski definition) is 5. The Morgan fingerprint density at radius 2 is 2.00 bits per heavy atom. The molecule has 3 N–H and O–H groups in total. The SMILES string of the molecule is CCC(CO)(CO)COCCCSC(C)C(=O)O. The van der Waals surface area contributed by atoms with Crippen LogP contribution in [-0.2, 0) is 9.53 Å². The van der Waals surface area contributed by atoms with E-state index in [0.717, 1.165) is 12.2 Å². The summed E-state index contributed by atoms with van der Waals surface area (Å²) in [4.78, 5) is 10.6. The van der Waals surface area contributed by atoms with Crippen LogP contribution in [0.4, 0.5) is 0 Å². The van der Waals surface area contributed by atoms with Gasteiger partial charge >= 0.3 is 5.97 Å². The zero-order valence-corrected chi connectivity index (χ0v) is 11.9. The minimum Gasteiger partial charge on any atom is -0.480 e. The molecule has 108 valence electrons. The summed E-state index contributed by atoms with van der Waals surface area (Å²) in [7, 11) is 0. The first kappa shape index (κ1) is 17.7. The maximum atomic E-state index is 10.6. The Hall–Kier alpha value is -0.300. The standard InChI is InChI=1S/C12H24O5S/c1-3-12(7-13,8-14)9-17-5-4-6-18-10(2)11(15)16/h10,13-14H,3-9H2,1-2H3,(H,15,16). The summed E-state index contributed by atoms with van der Waals surface area (Å²) < 4.78 is 5.43. The molecule has 0 aliphatic rings. The maximum absolute atomic E-state index is 10.6. The van der Waals surface area contributed by atoms with E-state index in [4.69, 9.17) is 9.84 Å². The first-order valence-electron chi connectivity index (χ1n) is 6.15. The molecule has 1 unspecified atom stereocenters. The van der Waals surface area contributed by atoms with Crippen LogP contribution in [0.1, 0.15) is 26.7 Å². The predicted octanol–water partition coefficient (Wildman–Crippen LogP) is 0.980. The number of aliphatic hydroxyl groups is 2. The van der Waals surface area contributed by atoms with Crippen LogP contribution in [0.3, 0.4) is 0 Å². The van der Waals surface area contributed by atoms with Crippen molar-refractivity contribution in [1.29, 1.82) is 0 Å². The fourth-order valence-electron chi connectivity index (χ4n) is 1.25. The number of hydrogen-bond donors (Lipinski definition) is 3. The van der Waals surface area contributed by atoms with Crippen molar-refractivity contribution in [2.24, 2.45) is 5.41 Å². The lowest BCUT2D eigenvalue weighted by molar-refractivity contribution is -0.136. The van der Waals surface area contributed by atoms with Crippen LogP contribution in [0.15, 0.2) is 0 Å². The lowest BCUT2D eigenvalue weighted by Gasteiger charge is -2.27. The highest BCUT2D eigenvalue weighted by molar-refractivity contribution is 8.00. The minimum atomic E-state index is -0.800. The third-order valence-corrected chi connectivity index (χ3v) is 4.20. The fourth-order valence-corrected chi connectivity index (χ4v) is 2.03. The molecule has 0 rings (SSSR count). The van der Waals surface area contributed by atoms with Gasteiger partial charge in [-0.15, -0.1) is 11.8 Å². The Bertz CT molecular complexity index is 222. The summed E-state index contributed by atoms with van der Waals surface area (Å²) in [6, 6.07) is 0. The molecule has 0 heterocycles. The Labute approximate surface area is 113 Å². The van der Waals surface area contributed by atoms with E-state index in [2.05, 4.69) is 0 Å². The lowest BCUT2D eigenvalue weighted by Crippen LogP contribution is -2.34. The van der Waals surface area contributed by atoms with Crippen LogP contribution in [0.25, 0.3) is 0 Å². The van der Waals surface area contributed by atoms with E-state index in [1.54, 1.807) is 6.92 Å². The van der Waals surface area contributed by atoms with Crippen LogP contribution >= 0.6 is 11.8 Å². The van der Waals surface area contributed by atoms with Crippen LogP contribution in [0.2, 0.25) is 0 Å². The number of carboxylic acid groups (broad SMARTS) is 1. The van der Waals surface area contributed by atoms with Crippen molar-refractivity contribution in [3.05, 3.63) is 0 Å². The van der Waals surface area contributed by atoms with Gasteiger partial charge in [-0.05, 0) is 25.5 Å². The molecular weight excluding hydrogens is 256 g/mol. The van der Waals surface area contributed by atoms with E-state index >= 15 is 0 Å². The van der Waals surface area contributed by atoms with Gasteiger partial charge in [0.25, 0.3) is 0 Å². The molecule has 0 saturated carbocycles. The number of rotatable bonds is 11. The van der Waals surface area contributed by atoms with Gasteiger partial charge in [-0.1, -0.05) is 6.92 Å². The molecule has 0 bridgehead atoms. The van der Waals surface area contributed by atoms with Crippen molar-refractivity contribution in [3.63, 3.8) is 0 Å². The topological polar surface area (TPSA) is 87.0 Å². The van der Waals surface area contributed by atoms with E-state index in [-0.39, 0.29) is 13.2 Å². The van der Waals surface area contributed by atoms with Gasteiger partial charge in [0.05, 0.1) is 25.1 Å². The molecule has 0 amide bonds. The van der Waals surface area contributed by atoms with Crippen molar-refractivity contribution in [3.8, 4) is 0 Å². The lowest BCUT2D eigenvalue weighted by atomic mass is 9.88. The summed E-state index contributed by atoms with van der Waals surface area (Å²) in [5.41, 5.74) is -0.554. The van der Waals surface area contributed by atoms with Crippen LogP contribution < -0.4 is 0 Å². The summed E-state index contributed by atoms with van der Waals surface area (Å²) in [6.07, 6.45) is 1.42. The second-order valence-electron chi connectivity index (χ2n) is 4.43. The molecule has 6 heteroatoms. The van der Waals surface area contributed by atoms with Crippen molar-refractivity contribution >= 4 is 17.7 Å². The highest BCUT2D eigenvalue weighted by atomic mass is 32.2. The zero-order chi connectivity index (χ0) is 14.0. The molecule has 1 atom stereocenters. The third-order valence-electron chi connectivity index (χ3n) is 2.98. The zero-order valence-electron chi connectivity index (χ0n) is 11.1. The summed E-state index contributed by atoms with van der Waals surface area (Å²) >= 11 is 1.38. The number of thioether (sulfide) groups is 1. The monoisotopic (exact) mass is 280 g/mol. The Kier molecular flexibility index (Phi) is 9.45. The van der Waals surface area contributed by atoms with Gasteiger partial charge in [-0.2, -0.15) is 0 Å². The molecule has 0 fully saturated rings. The number of carbonyl (C=O) groups is 1. The first-order valence-corrected chi connectivity index (χ1v) is 7.20. The summed E-state index contributed by atoms with van der Waals surface area (Å²) in [5, 5.41) is 26.7. The van der Waals surface area contributed by atoms with Crippen molar-refractivity contribution < 1.29 is 24.9 Å². The van der Waals surface area contributed by atoms with Crippen LogP contribution in [0.5, 0.6) is 0 Å². The number of aliphatic hydroxyl groups excluding tert-OH is 2. The second-order valence-corrected chi connectivity index (χ2v) is 5.88. The Morgan fingerprint density at radius 3 is 2.44 bits per heavy atom. The quantitative estimate of drug-likeness (QED) is 0.489. The van der Waals surface area contributed by atoms with Crippen molar-refractivity contribution in [2.75, 3.05) is 32.2 Å². The summed E-state index contributed by atoms with van der Waals surface area (Å²) in [5.74, 6) is -0.0725. The third kappa shape index (κ3) is 6.58. The van der Waals surface area contributed by atoms with Crippen molar-refractivity contribution in [2.45, 2.75) is 31.9 Å². The molecule has 0 aromatic rings. The number of ether oxygens (including phenoxy) is 1. The highest BCUT2D eigenvalue weighted by Gasteiger charge is 2.26. The first-order chi connectivity index (χ1) is 8.51. The van der Waals surface area contributed by atoms with Gasteiger partial charge < -0.3 is 20.1 Å².